The lowest BCUT2D eigenvalue weighted by molar-refractivity contribution is -0.161. The number of ether oxygens (including phenoxy) is 2. The van der Waals surface area contributed by atoms with E-state index in [1.54, 1.807) is 17.9 Å². The molecular formula is C21H31FN2O4. The number of hydrogen-bond acceptors (Lipinski definition) is 4. The van der Waals surface area contributed by atoms with Crippen LogP contribution in [0.25, 0.3) is 0 Å². The first-order chi connectivity index (χ1) is 13.4. The molecule has 1 aliphatic rings. The number of rotatable bonds is 9. The summed E-state index contributed by atoms with van der Waals surface area (Å²) >= 11 is 0. The summed E-state index contributed by atoms with van der Waals surface area (Å²) in [7, 11) is 0. The van der Waals surface area contributed by atoms with Crippen molar-refractivity contribution in [3.05, 3.63) is 35.1 Å². The van der Waals surface area contributed by atoms with Crippen LogP contribution in [0.3, 0.4) is 0 Å². The molecule has 2 amide bonds. The smallest absolute Gasteiger partial charge is 0.227 e. The second-order valence-corrected chi connectivity index (χ2v) is 7.00. The van der Waals surface area contributed by atoms with E-state index in [2.05, 4.69) is 5.32 Å². The summed E-state index contributed by atoms with van der Waals surface area (Å²) in [6, 6.07) is 4.97. The Morgan fingerprint density at radius 3 is 2.43 bits per heavy atom. The zero-order valence-electron chi connectivity index (χ0n) is 17.0. The van der Waals surface area contributed by atoms with Crippen LogP contribution in [0.4, 0.5) is 4.39 Å². The molecule has 28 heavy (non-hydrogen) atoms. The van der Waals surface area contributed by atoms with Gasteiger partial charge in [0.2, 0.25) is 11.8 Å². The van der Waals surface area contributed by atoms with Crippen molar-refractivity contribution in [3.63, 3.8) is 0 Å². The molecule has 0 bridgehead atoms. The minimum Gasteiger partial charge on any atom is -0.352 e. The van der Waals surface area contributed by atoms with Crippen LogP contribution in [0.15, 0.2) is 18.2 Å². The molecule has 1 N–H and O–H groups in total. The molecule has 7 heteroatoms. The first-order valence-electron chi connectivity index (χ1n) is 9.98. The molecule has 2 rings (SSSR count). The van der Waals surface area contributed by atoms with Gasteiger partial charge in [-0.1, -0.05) is 12.1 Å². The number of amides is 2. The fraction of sp³-hybridized carbons (Fsp3) is 0.619. The Morgan fingerprint density at radius 1 is 1.21 bits per heavy atom. The van der Waals surface area contributed by atoms with Crippen molar-refractivity contribution in [3.8, 4) is 0 Å². The molecule has 0 unspecified atom stereocenters. The molecule has 0 aromatic heterocycles. The molecular weight excluding hydrogens is 363 g/mol. The van der Waals surface area contributed by atoms with Crippen molar-refractivity contribution in [1.82, 2.24) is 10.2 Å². The van der Waals surface area contributed by atoms with Crippen molar-refractivity contribution in [2.45, 2.75) is 52.9 Å². The van der Waals surface area contributed by atoms with E-state index in [1.165, 1.54) is 6.07 Å². The molecule has 156 valence electrons. The molecule has 1 aromatic rings. The molecule has 1 aromatic carbocycles. The number of piperidine rings is 1. The summed E-state index contributed by atoms with van der Waals surface area (Å²) < 4.78 is 24.5. The van der Waals surface area contributed by atoms with Crippen LogP contribution in [0.1, 0.15) is 44.2 Å². The molecule has 0 spiro atoms. The summed E-state index contributed by atoms with van der Waals surface area (Å²) in [5.74, 6) is -0.458. The van der Waals surface area contributed by atoms with Crippen molar-refractivity contribution in [2.24, 2.45) is 5.92 Å². The molecule has 0 radical (unpaired) electrons. The number of aryl methyl sites for hydroxylation is 1. The van der Waals surface area contributed by atoms with E-state index in [1.807, 2.05) is 19.9 Å². The van der Waals surface area contributed by atoms with Gasteiger partial charge < -0.3 is 19.7 Å². The van der Waals surface area contributed by atoms with Crippen molar-refractivity contribution in [2.75, 3.05) is 26.3 Å². The SMILES string of the molecule is CCOC(CC(=O)N1CCC(C(=O)NCc2ccc(C)c(F)c2)CC1)OCC. The average molecular weight is 394 g/mol. The summed E-state index contributed by atoms with van der Waals surface area (Å²) in [6.45, 7) is 7.81. The summed E-state index contributed by atoms with van der Waals surface area (Å²) in [5, 5.41) is 2.88. The Bertz CT molecular complexity index is 654. The molecule has 0 atom stereocenters. The lowest BCUT2D eigenvalue weighted by Gasteiger charge is -2.32. The van der Waals surface area contributed by atoms with Crippen LogP contribution in [-0.2, 0) is 25.6 Å². The maximum atomic E-state index is 13.6. The van der Waals surface area contributed by atoms with Gasteiger partial charge in [-0.2, -0.15) is 0 Å². The molecule has 0 aliphatic carbocycles. The van der Waals surface area contributed by atoms with E-state index in [9.17, 15) is 14.0 Å². The van der Waals surface area contributed by atoms with E-state index in [0.717, 1.165) is 5.56 Å². The van der Waals surface area contributed by atoms with Gasteiger partial charge in [0.25, 0.3) is 0 Å². The molecule has 6 nitrogen and oxygen atoms in total. The Hall–Kier alpha value is -1.99. The van der Waals surface area contributed by atoms with E-state index in [4.69, 9.17) is 9.47 Å². The highest BCUT2D eigenvalue weighted by atomic mass is 19.1. The maximum Gasteiger partial charge on any atom is 0.227 e. The number of benzene rings is 1. The molecule has 0 saturated carbocycles. The minimum absolute atomic E-state index is 0.0131. The first-order valence-corrected chi connectivity index (χ1v) is 9.98. The Kier molecular flexibility index (Phi) is 8.86. The van der Waals surface area contributed by atoms with Gasteiger partial charge in [0.15, 0.2) is 6.29 Å². The Labute approximate surface area is 166 Å². The minimum atomic E-state index is -0.515. The topological polar surface area (TPSA) is 67.9 Å². The lowest BCUT2D eigenvalue weighted by Crippen LogP contribution is -2.44. The van der Waals surface area contributed by atoms with Gasteiger partial charge in [-0.05, 0) is 50.8 Å². The third-order valence-corrected chi connectivity index (χ3v) is 4.97. The van der Waals surface area contributed by atoms with Gasteiger partial charge in [0.1, 0.15) is 5.82 Å². The van der Waals surface area contributed by atoms with E-state index < -0.39 is 6.29 Å². The van der Waals surface area contributed by atoms with E-state index in [0.29, 0.717) is 51.3 Å². The zero-order chi connectivity index (χ0) is 20.5. The lowest BCUT2D eigenvalue weighted by atomic mass is 9.95. The number of hydrogen-bond donors (Lipinski definition) is 1. The molecule has 1 saturated heterocycles. The summed E-state index contributed by atoms with van der Waals surface area (Å²) in [4.78, 5) is 26.6. The van der Waals surface area contributed by atoms with Crippen LogP contribution >= 0.6 is 0 Å². The third kappa shape index (κ3) is 6.56. The van der Waals surface area contributed by atoms with Crippen LogP contribution in [0.5, 0.6) is 0 Å². The second kappa shape index (κ2) is 11.1. The Balaban J connectivity index is 1.76. The van der Waals surface area contributed by atoms with Gasteiger partial charge >= 0.3 is 0 Å². The first kappa shape index (κ1) is 22.3. The van der Waals surface area contributed by atoms with Crippen molar-refractivity contribution in [1.29, 1.82) is 0 Å². The molecule has 1 heterocycles. The maximum absolute atomic E-state index is 13.6. The number of halogens is 1. The number of carbonyl (C=O) groups is 2. The average Bonchev–Trinajstić information content (AvgIpc) is 2.69. The van der Waals surface area contributed by atoms with Crippen LogP contribution in [-0.4, -0.2) is 49.3 Å². The van der Waals surface area contributed by atoms with Crippen LogP contribution < -0.4 is 5.32 Å². The highest BCUT2D eigenvalue weighted by Crippen LogP contribution is 2.19. The predicted molar refractivity (Wildman–Crippen MR) is 104 cm³/mol. The largest absolute Gasteiger partial charge is 0.352 e. The fourth-order valence-corrected chi connectivity index (χ4v) is 3.28. The van der Waals surface area contributed by atoms with Gasteiger partial charge in [0.05, 0.1) is 6.42 Å². The van der Waals surface area contributed by atoms with Crippen LogP contribution in [0.2, 0.25) is 0 Å². The summed E-state index contributed by atoms with van der Waals surface area (Å²) in [5.41, 5.74) is 1.32. The third-order valence-electron chi connectivity index (χ3n) is 4.97. The quantitative estimate of drug-likeness (QED) is 0.654. The van der Waals surface area contributed by atoms with Gasteiger partial charge in [-0.3, -0.25) is 9.59 Å². The second-order valence-electron chi connectivity index (χ2n) is 7.00. The number of nitrogens with one attached hydrogen (secondary N) is 1. The summed E-state index contributed by atoms with van der Waals surface area (Å²) in [6.07, 6.45) is 0.914. The number of nitrogens with zero attached hydrogens (tertiary/aromatic N) is 1. The van der Waals surface area contributed by atoms with E-state index >= 15 is 0 Å². The van der Waals surface area contributed by atoms with Crippen molar-refractivity contribution >= 4 is 11.8 Å². The van der Waals surface area contributed by atoms with Crippen molar-refractivity contribution < 1.29 is 23.5 Å². The number of likely N-dealkylation sites (tertiary alicyclic amines) is 1. The monoisotopic (exact) mass is 394 g/mol. The van der Waals surface area contributed by atoms with Gasteiger partial charge in [-0.15, -0.1) is 0 Å². The predicted octanol–water partition coefficient (Wildman–Crippen LogP) is 2.78. The molecule has 1 fully saturated rings. The number of carbonyl (C=O) groups excluding carboxylic acids is 2. The molecule has 1 aliphatic heterocycles. The van der Waals surface area contributed by atoms with Crippen LogP contribution in [0, 0.1) is 18.7 Å². The standard InChI is InChI=1S/C21H31FN2O4/c1-4-27-20(28-5-2)13-19(25)24-10-8-17(9-11-24)21(26)23-14-16-7-6-15(3)18(22)12-16/h6-7,12,17,20H,4-5,8-11,13-14H2,1-3H3,(H,23,26). The van der Waals surface area contributed by atoms with E-state index in [-0.39, 0.29) is 30.0 Å². The highest BCUT2D eigenvalue weighted by molar-refractivity contribution is 5.80. The zero-order valence-corrected chi connectivity index (χ0v) is 17.0. The Morgan fingerprint density at radius 2 is 1.86 bits per heavy atom. The van der Waals surface area contributed by atoms with Gasteiger partial charge in [-0.25, -0.2) is 4.39 Å². The highest BCUT2D eigenvalue weighted by Gasteiger charge is 2.28. The fourth-order valence-electron chi connectivity index (χ4n) is 3.28. The normalized spacial score (nSPS) is 15.1. The van der Waals surface area contributed by atoms with Gasteiger partial charge in [0, 0.05) is 38.8 Å².